The first kappa shape index (κ1) is 16.2. The molecule has 1 saturated carbocycles. The summed E-state index contributed by atoms with van der Waals surface area (Å²) in [5.74, 6) is 1.68. The van der Waals surface area contributed by atoms with Crippen LogP contribution >= 0.6 is 27.5 Å². The van der Waals surface area contributed by atoms with E-state index >= 15 is 0 Å². The molecule has 0 amide bonds. The number of anilines is 1. The Bertz CT molecular complexity index is 445. The Morgan fingerprint density at radius 3 is 2.45 bits per heavy atom. The number of nitrogens with one attached hydrogen (secondary N) is 1. The maximum absolute atomic E-state index is 6.05. The van der Waals surface area contributed by atoms with Crippen molar-refractivity contribution < 1.29 is 0 Å². The minimum Gasteiger partial charge on any atom is -0.384 e. The molecule has 0 radical (unpaired) electrons. The van der Waals surface area contributed by atoms with Crippen LogP contribution in [0.1, 0.15) is 46.5 Å². The molecule has 112 valence electrons. The Morgan fingerprint density at radius 2 is 1.85 bits per heavy atom. The third-order valence-corrected chi connectivity index (χ3v) is 5.51. The van der Waals surface area contributed by atoms with Crippen LogP contribution in [-0.4, -0.2) is 6.54 Å². The molecule has 0 saturated heterocycles. The lowest BCUT2D eigenvalue weighted by Gasteiger charge is -2.37. The van der Waals surface area contributed by atoms with Gasteiger partial charge in [-0.3, -0.25) is 0 Å². The molecule has 1 aromatic carbocycles. The van der Waals surface area contributed by atoms with Gasteiger partial charge in [0.05, 0.1) is 0 Å². The van der Waals surface area contributed by atoms with Crippen molar-refractivity contribution in [3.63, 3.8) is 0 Å². The third kappa shape index (κ3) is 4.39. The number of hydrogen-bond acceptors (Lipinski definition) is 1. The van der Waals surface area contributed by atoms with Gasteiger partial charge in [0, 0.05) is 21.7 Å². The molecule has 1 aliphatic carbocycles. The molecule has 0 heterocycles. The van der Waals surface area contributed by atoms with Crippen molar-refractivity contribution in [2.24, 2.45) is 17.3 Å². The molecule has 0 unspecified atom stereocenters. The van der Waals surface area contributed by atoms with E-state index < -0.39 is 0 Å². The molecule has 1 aliphatic rings. The Hall–Kier alpha value is -0.210. The smallest absolute Gasteiger partial charge is 0.0499 e. The highest BCUT2D eigenvalue weighted by molar-refractivity contribution is 9.10. The van der Waals surface area contributed by atoms with Gasteiger partial charge in [-0.2, -0.15) is 0 Å². The summed E-state index contributed by atoms with van der Waals surface area (Å²) in [6.45, 7) is 8.17. The zero-order chi connectivity index (χ0) is 14.8. The van der Waals surface area contributed by atoms with Crippen molar-refractivity contribution in [1.29, 1.82) is 0 Å². The van der Waals surface area contributed by atoms with E-state index in [4.69, 9.17) is 11.6 Å². The molecule has 0 aliphatic heterocycles. The predicted molar refractivity (Wildman–Crippen MR) is 92.5 cm³/mol. The minimum absolute atomic E-state index is 0.467. The van der Waals surface area contributed by atoms with E-state index in [1.54, 1.807) is 0 Å². The van der Waals surface area contributed by atoms with Crippen molar-refractivity contribution in [2.45, 2.75) is 46.5 Å². The second kappa shape index (κ2) is 6.70. The van der Waals surface area contributed by atoms with E-state index in [1.807, 2.05) is 18.2 Å². The van der Waals surface area contributed by atoms with Crippen LogP contribution in [-0.2, 0) is 0 Å². The maximum atomic E-state index is 6.05. The molecule has 3 heteroatoms. The predicted octanol–water partition coefficient (Wildman–Crippen LogP) is 6.37. The monoisotopic (exact) mass is 357 g/mol. The average molecular weight is 359 g/mol. The molecule has 0 spiro atoms. The first-order chi connectivity index (χ1) is 9.36. The van der Waals surface area contributed by atoms with Crippen molar-refractivity contribution in [1.82, 2.24) is 0 Å². The van der Waals surface area contributed by atoms with Gasteiger partial charge in [-0.05, 0) is 77.1 Å². The number of rotatable bonds is 3. The van der Waals surface area contributed by atoms with E-state index in [0.29, 0.717) is 5.41 Å². The normalized spacial score (nSPS) is 23.6. The number of benzene rings is 1. The minimum atomic E-state index is 0.467. The summed E-state index contributed by atoms with van der Waals surface area (Å²) < 4.78 is 1.09. The average Bonchev–Trinajstić information content (AvgIpc) is 2.39. The van der Waals surface area contributed by atoms with E-state index in [2.05, 4.69) is 42.0 Å². The van der Waals surface area contributed by atoms with Crippen molar-refractivity contribution >= 4 is 33.2 Å². The third-order valence-electron chi connectivity index (χ3n) is 4.58. The van der Waals surface area contributed by atoms with E-state index in [1.165, 1.54) is 25.7 Å². The van der Waals surface area contributed by atoms with E-state index in [9.17, 15) is 0 Å². The maximum Gasteiger partial charge on any atom is 0.0499 e. The summed E-state index contributed by atoms with van der Waals surface area (Å²) in [7, 11) is 0. The van der Waals surface area contributed by atoms with E-state index in [-0.39, 0.29) is 0 Å². The van der Waals surface area contributed by atoms with Gasteiger partial charge in [0.15, 0.2) is 0 Å². The quantitative estimate of drug-likeness (QED) is 0.662. The van der Waals surface area contributed by atoms with Gasteiger partial charge < -0.3 is 5.32 Å². The van der Waals surface area contributed by atoms with Crippen molar-refractivity contribution in [2.75, 3.05) is 11.9 Å². The van der Waals surface area contributed by atoms with E-state index in [0.717, 1.165) is 33.6 Å². The first-order valence-corrected chi connectivity index (χ1v) is 8.72. The highest BCUT2D eigenvalue weighted by Crippen LogP contribution is 2.40. The van der Waals surface area contributed by atoms with Crippen LogP contribution in [0.2, 0.25) is 5.02 Å². The lowest BCUT2D eigenvalue weighted by molar-refractivity contribution is 0.153. The molecular weight excluding hydrogens is 334 g/mol. The highest BCUT2D eigenvalue weighted by Gasteiger charge is 2.29. The van der Waals surface area contributed by atoms with Gasteiger partial charge in [0.1, 0.15) is 0 Å². The van der Waals surface area contributed by atoms with Gasteiger partial charge in [0.25, 0.3) is 0 Å². The molecule has 2 rings (SSSR count). The summed E-state index contributed by atoms with van der Waals surface area (Å²) in [4.78, 5) is 0. The molecule has 1 fully saturated rings. The van der Waals surface area contributed by atoms with Crippen LogP contribution in [0.3, 0.4) is 0 Å². The van der Waals surface area contributed by atoms with Crippen LogP contribution in [0.5, 0.6) is 0 Å². The molecule has 0 bridgehead atoms. The van der Waals surface area contributed by atoms with Crippen LogP contribution in [0.4, 0.5) is 5.69 Å². The van der Waals surface area contributed by atoms with Crippen LogP contribution in [0.15, 0.2) is 22.7 Å². The van der Waals surface area contributed by atoms with Gasteiger partial charge in [-0.25, -0.2) is 0 Å². The molecule has 0 aromatic heterocycles. The topological polar surface area (TPSA) is 12.0 Å². The Labute approximate surface area is 136 Å². The fourth-order valence-corrected chi connectivity index (χ4v) is 3.68. The fraction of sp³-hybridized carbons (Fsp3) is 0.647. The summed E-state index contributed by atoms with van der Waals surface area (Å²) in [6.07, 6.45) is 5.42. The summed E-state index contributed by atoms with van der Waals surface area (Å²) in [5, 5.41) is 4.33. The second-order valence-corrected chi connectivity index (χ2v) is 8.38. The fourth-order valence-electron chi connectivity index (χ4n) is 3.12. The summed E-state index contributed by atoms with van der Waals surface area (Å²) in [5.41, 5.74) is 1.57. The Kier molecular flexibility index (Phi) is 5.42. The molecule has 1 nitrogen and oxygen atoms in total. The van der Waals surface area contributed by atoms with Gasteiger partial charge >= 0.3 is 0 Å². The van der Waals surface area contributed by atoms with Crippen molar-refractivity contribution in [3.05, 3.63) is 27.7 Å². The number of hydrogen-bond donors (Lipinski definition) is 1. The molecule has 20 heavy (non-hydrogen) atoms. The molecule has 1 aromatic rings. The van der Waals surface area contributed by atoms with Crippen LogP contribution in [0, 0.1) is 17.3 Å². The molecule has 1 N–H and O–H groups in total. The first-order valence-electron chi connectivity index (χ1n) is 7.55. The van der Waals surface area contributed by atoms with Gasteiger partial charge in [-0.1, -0.05) is 32.4 Å². The van der Waals surface area contributed by atoms with Crippen LogP contribution < -0.4 is 5.32 Å². The van der Waals surface area contributed by atoms with Crippen LogP contribution in [0.25, 0.3) is 0 Å². The van der Waals surface area contributed by atoms with Gasteiger partial charge in [-0.15, -0.1) is 0 Å². The summed E-state index contributed by atoms with van der Waals surface area (Å²) in [6, 6.07) is 5.90. The van der Waals surface area contributed by atoms with Gasteiger partial charge in [0.2, 0.25) is 0 Å². The Morgan fingerprint density at radius 1 is 1.20 bits per heavy atom. The zero-order valence-electron chi connectivity index (χ0n) is 12.7. The highest BCUT2D eigenvalue weighted by atomic mass is 79.9. The summed E-state index contributed by atoms with van der Waals surface area (Å²) >= 11 is 9.62. The zero-order valence-corrected chi connectivity index (χ0v) is 15.0. The molecular formula is C17H25BrClN. The number of halogens is 2. The Balaban J connectivity index is 1.83. The SMILES string of the molecule is CC(C)(C)C1CCC(CNc2cc(Cl)ccc2Br)CC1. The van der Waals surface area contributed by atoms with Crippen molar-refractivity contribution in [3.8, 4) is 0 Å². The lowest BCUT2D eigenvalue weighted by Crippen LogP contribution is -2.28. The largest absolute Gasteiger partial charge is 0.384 e. The molecule has 0 atom stereocenters. The standard InChI is InChI=1S/C17H25BrClN/c1-17(2,3)13-6-4-12(5-7-13)11-20-16-10-14(19)8-9-15(16)18/h8-10,12-13,20H,4-7,11H2,1-3H3. The lowest BCUT2D eigenvalue weighted by atomic mass is 9.70. The second-order valence-electron chi connectivity index (χ2n) is 7.09.